The largest absolute Gasteiger partial charge is 0.459 e. The van der Waals surface area contributed by atoms with Crippen LogP contribution in [-0.2, 0) is 13.1 Å². The molecule has 5 aromatic rings. The van der Waals surface area contributed by atoms with Gasteiger partial charge in [-0.2, -0.15) is 5.10 Å². The van der Waals surface area contributed by atoms with E-state index in [4.69, 9.17) is 14.4 Å². The minimum atomic E-state index is 0.00379. The second kappa shape index (κ2) is 8.28. The molecule has 0 bridgehead atoms. The summed E-state index contributed by atoms with van der Waals surface area (Å²) >= 11 is 0. The zero-order chi connectivity index (χ0) is 23.9. The van der Waals surface area contributed by atoms with Gasteiger partial charge in [0.2, 0.25) is 0 Å². The van der Waals surface area contributed by atoms with Crippen LogP contribution in [0.25, 0.3) is 33.6 Å². The second-order valence-corrected chi connectivity index (χ2v) is 8.74. The predicted octanol–water partition coefficient (Wildman–Crippen LogP) is 5.02. The van der Waals surface area contributed by atoms with Crippen molar-refractivity contribution in [3.8, 4) is 22.5 Å². The van der Waals surface area contributed by atoms with Crippen molar-refractivity contribution < 1.29 is 9.21 Å². The molecule has 0 fully saturated rings. The van der Waals surface area contributed by atoms with Crippen LogP contribution < -0.4 is 5.32 Å². The van der Waals surface area contributed by atoms with E-state index in [2.05, 4.69) is 27.6 Å². The molecule has 35 heavy (non-hydrogen) atoms. The Labute approximate surface area is 201 Å². The lowest BCUT2D eigenvalue weighted by Gasteiger charge is -2.20. The molecule has 1 aliphatic heterocycles. The topological polar surface area (TPSA) is 103 Å². The van der Waals surface area contributed by atoms with E-state index in [1.807, 2.05) is 47.5 Å². The van der Waals surface area contributed by atoms with Crippen LogP contribution in [0.15, 0.2) is 71.6 Å². The van der Waals surface area contributed by atoms with E-state index in [9.17, 15) is 4.79 Å². The zero-order valence-electron chi connectivity index (χ0n) is 19.3. The third-order valence-corrected chi connectivity index (χ3v) is 6.12. The normalized spacial score (nSPS) is 12.7. The van der Waals surface area contributed by atoms with E-state index >= 15 is 0 Å². The number of nitrogens with one attached hydrogen (secondary N) is 2. The molecule has 174 valence electrons. The van der Waals surface area contributed by atoms with Crippen molar-refractivity contribution >= 4 is 28.6 Å². The van der Waals surface area contributed by atoms with E-state index < -0.39 is 0 Å². The molecular formula is C26H23N7O2. The number of hydrogen-bond acceptors (Lipinski definition) is 6. The number of aromatic amines is 1. The van der Waals surface area contributed by atoms with E-state index in [1.165, 1.54) is 0 Å². The van der Waals surface area contributed by atoms with Crippen LogP contribution in [0.1, 0.15) is 11.1 Å². The lowest BCUT2D eigenvalue weighted by atomic mass is 10.1. The minimum Gasteiger partial charge on any atom is -0.459 e. The Morgan fingerprint density at radius 2 is 1.80 bits per heavy atom. The van der Waals surface area contributed by atoms with Gasteiger partial charge in [-0.15, -0.1) is 0 Å². The number of nitrogens with zero attached hydrogens (tertiary/aromatic N) is 5. The lowest BCUT2D eigenvalue weighted by Crippen LogP contribution is -2.35. The van der Waals surface area contributed by atoms with Crippen molar-refractivity contribution in [3.63, 3.8) is 0 Å². The molecule has 1 aliphatic rings. The molecule has 0 aliphatic carbocycles. The molecule has 0 radical (unpaired) electrons. The third-order valence-electron chi connectivity index (χ3n) is 6.12. The van der Waals surface area contributed by atoms with Gasteiger partial charge in [0.25, 0.3) is 0 Å². The molecule has 0 unspecified atom stereocenters. The van der Waals surface area contributed by atoms with E-state index in [1.54, 1.807) is 31.5 Å². The number of urea groups is 1. The minimum absolute atomic E-state index is 0.00379. The summed E-state index contributed by atoms with van der Waals surface area (Å²) in [5.74, 6) is 1.19. The van der Waals surface area contributed by atoms with Crippen LogP contribution >= 0.6 is 0 Å². The van der Waals surface area contributed by atoms with E-state index in [0.29, 0.717) is 30.3 Å². The standard InChI is InChI=1S/C26H23N7O2/c1-32(2)26(34)33-14-18-4-3-17(11-19(18)15-33)24-30-22-9-10-35-23(22)25(31-24)29-21-7-5-16(6-8-21)20-12-27-28-13-20/h3-13H,14-15H2,1-2H3,(H,27,28)(H,29,30,31). The Balaban J connectivity index is 1.31. The quantitative estimate of drug-likeness (QED) is 0.386. The second-order valence-electron chi connectivity index (χ2n) is 8.74. The Bertz CT molecular complexity index is 1520. The SMILES string of the molecule is CN(C)C(=O)N1Cc2ccc(-c3nc(Nc4ccc(-c5cn[nH]c5)cc4)c4occc4n3)cc2C1. The molecule has 0 spiro atoms. The smallest absolute Gasteiger partial charge is 0.320 e. The van der Waals surface area contributed by atoms with E-state index in [-0.39, 0.29) is 6.03 Å². The van der Waals surface area contributed by atoms with E-state index in [0.717, 1.165) is 39.0 Å². The van der Waals surface area contributed by atoms with Crippen LogP contribution in [0.5, 0.6) is 0 Å². The number of benzene rings is 2. The van der Waals surface area contributed by atoms with Gasteiger partial charge in [-0.05, 0) is 34.9 Å². The molecule has 0 saturated carbocycles. The van der Waals surface area contributed by atoms with Gasteiger partial charge in [0.1, 0.15) is 5.52 Å². The van der Waals surface area contributed by atoms with Gasteiger partial charge in [0, 0.05) is 56.3 Å². The molecule has 0 atom stereocenters. The lowest BCUT2D eigenvalue weighted by molar-refractivity contribution is 0.171. The van der Waals surface area contributed by atoms with Gasteiger partial charge in [-0.1, -0.05) is 24.3 Å². The highest BCUT2D eigenvalue weighted by Crippen LogP contribution is 2.32. The molecule has 2 N–H and O–H groups in total. The van der Waals surface area contributed by atoms with Crippen LogP contribution in [0.3, 0.4) is 0 Å². The molecule has 9 heteroatoms. The number of H-pyrrole nitrogens is 1. The maximum atomic E-state index is 12.4. The third kappa shape index (κ3) is 3.86. The van der Waals surface area contributed by atoms with Gasteiger partial charge < -0.3 is 19.5 Å². The maximum Gasteiger partial charge on any atom is 0.320 e. The highest BCUT2D eigenvalue weighted by Gasteiger charge is 2.25. The highest BCUT2D eigenvalue weighted by molar-refractivity contribution is 5.88. The number of rotatable bonds is 4. The fourth-order valence-corrected chi connectivity index (χ4v) is 4.32. The Morgan fingerprint density at radius 1 is 1.00 bits per heavy atom. The van der Waals surface area contributed by atoms with Gasteiger partial charge in [-0.3, -0.25) is 5.10 Å². The number of fused-ring (bicyclic) bond motifs is 2. The Kier molecular flexibility index (Phi) is 4.95. The summed E-state index contributed by atoms with van der Waals surface area (Å²) < 4.78 is 5.68. The summed E-state index contributed by atoms with van der Waals surface area (Å²) in [7, 11) is 3.54. The molecule has 4 heterocycles. The van der Waals surface area contributed by atoms with Gasteiger partial charge in [0.15, 0.2) is 17.2 Å². The van der Waals surface area contributed by atoms with Crippen LogP contribution in [-0.4, -0.2) is 50.1 Å². The molecular weight excluding hydrogens is 442 g/mol. The predicted molar refractivity (Wildman–Crippen MR) is 133 cm³/mol. The first kappa shape index (κ1) is 20.9. The fraction of sp³-hybridized carbons (Fsp3) is 0.154. The van der Waals surface area contributed by atoms with Crippen molar-refractivity contribution in [1.29, 1.82) is 0 Å². The van der Waals surface area contributed by atoms with Crippen LogP contribution in [0, 0.1) is 0 Å². The number of carbonyl (C=O) groups excluding carboxylic acids is 1. The fourth-order valence-electron chi connectivity index (χ4n) is 4.32. The molecule has 3 aromatic heterocycles. The van der Waals surface area contributed by atoms with Crippen molar-refractivity contribution in [1.82, 2.24) is 30.0 Å². The average Bonchev–Trinajstić information content (AvgIpc) is 3.64. The summed E-state index contributed by atoms with van der Waals surface area (Å²) in [5.41, 5.74) is 7.43. The number of furan rings is 1. The summed E-state index contributed by atoms with van der Waals surface area (Å²) in [6.45, 7) is 1.18. The molecule has 9 nitrogen and oxygen atoms in total. The summed E-state index contributed by atoms with van der Waals surface area (Å²) in [4.78, 5) is 25.3. The molecule has 6 rings (SSSR count). The first-order valence-electron chi connectivity index (χ1n) is 11.2. The number of carbonyl (C=O) groups is 1. The average molecular weight is 466 g/mol. The summed E-state index contributed by atoms with van der Waals surface area (Å²) in [5, 5.41) is 10.2. The van der Waals surface area contributed by atoms with Gasteiger partial charge in [-0.25, -0.2) is 14.8 Å². The Hall–Kier alpha value is -4.66. The monoisotopic (exact) mass is 465 g/mol. The number of amides is 2. The highest BCUT2D eigenvalue weighted by atomic mass is 16.3. The van der Waals surface area contributed by atoms with Crippen molar-refractivity contribution in [2.75, 3.05) is 19.4 Å². The first-order chi connectivity index (χ1) is 17.0. The van der Waals surface area contributed by atoms with Crippen LogP contribution in [0.2, 0.25) is 0 Å². The summed E-state index contributed by atoms with van der Waals surface area (Å²) in [6, 6.07) is 16.0. The van der Waals surface area contributed by atoms with Crippen molar-refractivity contribution in [2.24, 2.45) is 0 Å². The summed E-state index contributed by atoms with van der Waals surface area (Å²) in [6.07, 6.45) is 5.26. The number of anilines is 2. The van der Waals surface area contributed by atoms with Crippen molar-refractivity contribution in [2.45, 2.75) is 13.1 Å². The Morgan fingerprint density at radius 3 is 2.57 bits per heavy atom. The zero-order valence-corrected chi connectivity index (χ0v) is 19.3. The first-order valence-corrected chi connectivity index (χ1v) is 11.2. The number of aromatic nitrogens is 4. The van der Waals surface area contributed by atoms with Gasteiger partial charge in [0.05, 0.1) is 12.5 Å². The maximum absolute atomic E-state index is 12.4. The molecule has 0 saturated heterocycles. The number of hydrogen-bond donors (Lipinski definition) is 2. The molecule has 2 aromatic carbocycles. The van der Waals surface area contributed by atoms with Crippen molar-refractivity contribution in [3.05, 3.63) is 78.3 Å². The van der Waals surface area contributed by atoms with Crippen LogP contribution in [0.4, 0.5) is 16.3 Å². The van der Waals surface area contributed by atoms with Gasteiger partial charge >= 0.3 is 6.03 Å². The molecule has 2 amide bonds.